The standard InChI is InChI=1S/C13H15ClO/c14-12-6-3-11(4-7-12)9-13(15)8-5-10-1-2-10/h3-4,6-7,10H,1-2,5,8-9H2. The van der Waals surface area contributed by atoms with E-state index in [4.69, 9.17) is 11.6 Å². The molecule has 0 N–H and O–H groups in total. The van der Waals surface area contributed by atoms with Crippen molar-refractivity contribution in [3.63, 3.8) is 0 Å². The van der Waals surface area contributed by atoms with Crippen molar-refractivity contribution in [2.24, 2.45) is 5.92 Å². The topological polar surface area (TPSA) is 17.1 Å². The van der Waals surface area contributed by atoms with Crippen LogP contribution in [-0.2, 0) is 11.2 Å². The van der Waals surface area contributed by atoms with Crippen LogP contribution in [-0.4, -0.2) is 5.78 Å². The van der Waals surface area contributed by atoms with Crippen LogP contribution in [0.1, 0.15) is 31.2 Å². The molecule has 1 saturated carbocycles. The average Bonchev–Trinajstić information content (AvgIpc) is 3.02. The second kappa shape index (κ2) is 4.80. The average molecular weight is 223 g/mol. The van der Waals surface area contributed by atoms with Crippen LogP contribution in [0, 0.1) is 5.92 Å². The van der Waals surface area contributed by atoms with Gasteiger partial charge in [0.25, 0.3) is 0 Å². The van der Waals surface area contributed by atoms with Crippen LogP contribution in [0.15, 0.2) is 24.3 Å². The number of Topliss-reactive ketones (excluding diaryl/α,β-unsaturated/α-hetero) is 1. The van der Waals surface area contributed by atoms with Crippen molar-refractivity contribution in [1.29, 1.82) is 0 Å². The van der Waals surface area contributed by atoms with E-state index in [1.165, 1.54) is 12.8 Å². The fourth-order valence-corrected chi connectivity index (χ4v) is 1.82. The smallest absolute Gasteiger partial charge is 0.137 e. The van der Waals surface area contributed by atoms with Crippen LogP contribution < -0.4 is 0 Å². The van der Waals surface area contributed by atoms with Gasteiger partial charge in [-0.05, 0) is 30.0 Å². The Kier molecular flexibility index (Phi) is 3.42. The van der Waals surface area contributed by atoms with Crippen molar-refractivity contribution in [2.75, 3.05) is 0 Å². The molecule has 0 unspecified atom stereocenters. The van der Waals surface area contributed by atoms with Gasteiger partial charge >= 0.3 is 0 Å². The molecule has 1 aliphatic rings. The number of ketones is 1. The summed E-state index contributed by atoms with van der Waals surface area (Å²) in [4.78, 5) is 11.6. The van der Waals surface area contributed by atoms with Gasteiger partial charge in [-0.2, -0.15) is 0 Å². The van der Waals surface area contributed by atoms with E-state index >= 15 is 0 Å². The summed E-state index contributed by atoms with van der Waals surface area (Å²) >= 11 is 5.77. The van der Waals surface area contributed by atoms with Crippen molar-refractivity contribution >= 4 is 17.4 Å². The zero-order chi connectivity index (χ0) is 10.7. The quantitative estimate of drug-likeness (QED) is 0.744. The summed E-state index contributed by atoms with van der Waals surface area (Å²) in [5, 5.41) is 0.726. The molecular formula is C13H15ClO. The molecule has 1 aliphatic carbocycles. The summed E-state index contributed by atoms with van der Waals surface area (Å²) in [6.45, 7) is 0. The molecule has 0 heterocycles. The van der Waals surface area contributed by atoms with Gasteiger partial charge in [0, 0.05) is 17.9 Å². The van der Waals surface area contributed by atoms with Gasteiger partial charge in [0.15, 0.2) is 0 Å². The molecule has 0 atom stereocenters. The number of rotatable bonds is 5. The first-order valence-corrected chi connectivity index (χ1v) is 5.88. The summed E-state index contributed by atoms with van der Waals surface area (Å²) in [5.74, 6) is 1.20. The van der Waals surface area contributed by atoms with Gasteiger partial charge < -0.3 is 0 Å². The van der Waals surface area contributed by atoms with Crippen molar-refractivity contribution in [2.45, 2.75) is 32.1 Å². The van der Waals surface area contributed by atoms with E-state index in [-0.39, 0.29) is 0 Å². The number of hydrogen-bond acceptors (Lipinski definition) is 1. The third-order valence-electron chi connectivity index (χ3n) is 2.84. The normalized spacial score (nSPS) is 15.3. The summed E-state index contributed by atoms with van der Waals surface area (Å²) in [6, 6.07) is 7.53. The van der Waals surface area contributed by atoms with Crippen LogP contribution >= 0.6 is 11.6 Å². The Morgan fingerprint density at radius 2 is 1.93 bits per heavy atom. The Balaban J connectivity index is 1.79. The minimum Gasteiger partial charge on any atom is -0.299 e. The molecule has 1 aromatic rings. The van der Waals surface area contributed by atoms with Crippen LogP contribution in [0.5, 0.6) is 0 Å². The largest absolute Gasteiger partial charge is 0.299 e. The van der Waals surface area contributed by atoms with E-state index < -0.39 is 0 Å². The Morgan fingerprint density at radius 3 is 2.53 bits per heavy atom. The van der Waals surface area contributed by atoms with Gasteiger partial charge in [-0.15, -0.1) is 0 Å². The molecule has 0 amide bonds. The van der Waals surface area contributed by atoms with Gasteiger partial charge in [0.1, 0.15) is 5.78 Å². The molecule has 2 heteroatoms. The fraction of sp³-hybridized carbons (Fsp3) is 0.462. The van der Waals surface area contributed by atoms with E-state index in [1.54, 1.807) is 0 Å². The predicted octanol–water partition coefficient (Wildman–Crippen LogP) is 3.64. The zero-order valence-corrected chi connectivity index (χ0v) is 9.46. The third-order valence-corrected chi connectivity index (χ3v) is 3.09. The van der Waals surface area contributed by atoms with Crippen molar-refractivity contribution < 1.29 is 4.79 Å². The van der Waals surface area contributed by atoms with Crippen LogP contribution in [0.4, 0.5) is 0 Å². The molecule has 0 aliphatic heterocycles. The van der Waals surface area contributed by atoms with E-state index in [0.717, 1.165) is 29.3 Å². The van der Waals surface area contributed by atoms with Crippen LogP contribution in [0.3, 0.4) is 0 Å². The molecule has 1 nitrogen and oxygen atoms in total. The number of carbonyl (C=O) groups is 1. The van der Waals surface area contributed by atoms with E-state index in [0.29, 0.717) is 12.2 Å². The highest BCUT2D eigenvalue weighted by atomic mass is 35.5. The van der Waals surface area contributed by atoms with Crippen molar-refractivity contribution in [3.8, 4) is 0 Å². The monoisotopic (exact) mass is 222 g/mol. The van der Waals surface area contributed by atoms with Gasteiger partial charge in [0.05, 0.1) is 0 Å². The predicted molar refractivity (Wildman–Crippen MR) is 62.1 cm³/mol. The molecule has 0 saturated heterocycles. The Hall–Kier alpha value is -0.820. The Bertz CT molecular complexity index is 338. The molecule has 15 heavy (non-hydrogen) atoms. The van der Waals surface area contributed by atoms with E-state index in [9.17, 15) is 4.79 Å². The van der Waals surface area contributed by atoms with Gasteiger partial charge in [0.2, 0.25) is 0 Å². The minimum atomic E-state index is 0.351. The fourth-order valence-electron chi connectivity index (χ4n) is 1.69. The van der Waals surface area contributed by atoms with Gasteiger partial charge in [-0.1, -0.05) is 36.6 Å². The molecule has 2 rings (SSSR count). The third kappa shape index (κ3) is 3.67. The first kappa shape index (κ1) is 10.7. The van der Waals surface area contributed by atoms with Crippen LogP contribution in [0.25, 0.3) is 0 Å². The van der Waals surface area contributed by atoms with Crippen LogP contribution in [0.2, 0.25) is 5.02 Å². The van der Waals surface area contributed by atoms with E-state index in [2.05, 4.69) is 0 Å². The van der Waals surface area contributed by atoms with E-state index in [1.807, 2.05) is 24.3 Å². The highest BCUT2D eigenvalue weighted by molar-refractivity contribution is 6.30. The highest BCUT2D eigenvalue weighted by Crippen LogP contribution is 2.33. The Morgan fingerprint density at radius 1 is 1.27 bits per heavy atom. The lowest BCUT2D eigenvalue weighted by molar-refractivity contribution is -0.118. The molecule has 0 bridgehead atoms. The highest BCUT2D eigenvalue weighted by Gasteiger charge is 2.21. The molecule has 1 aromatic carbocycles. The zero-order valence-electron chi connectivity index (χ0n) is 8.71. The van der Waals surface area contributed by atoms with Gasteiger partial charge in [-0.25, -0.2) is 0 Å². The maximum atomic E-state index is 11.6. The van der Waals surface area contributed by atoms with Crippen molar-refractivity contribution in [1.82, 2.24) is 0 Å². The summed E-state index contributed by atoms with van der Waals surface area (Å²) < 4.78 is 0. The molecule has 0 aromatic heterocycles. The summed E-state index contributed by atoms with van der Waals surface area (Å²) in [6.07, 6.45) is 5.05. The summed E-state index contributed by atoms with van der Waals surface area (Å²) in [7, 11) is 0. The lowest BCUT2D eigenvalue weighted by Crippen LogP contribution is -2.02. The van der Waals surface area contributed by atoms with Crippen molar-refractivity contribution in [3.05, 3.63) is 34.9 Å². The molecule has 80 valence electrons. The SMILES string of the molecule is O=C(CCC1CC1)Cc1ccc(Cl)cc1. The number of halogens is 1. The van der Waals surface area contributed by atoms with Gasteiger partial charge in [-0.3, -0.25) is 4.79 Å². The lowest BCUT2D eigenvalue weighted by atomic mass is 10.0. The molecule has 0 spiro atoms. The first-order chi connectivity index (χ1) is 7.24. The molecule has 0 radical (unpaired) electrons. The second-order valence-electron chi connectivity index (χ2n) is 4.32. The molecular weight excluding hydrogens is 208 g/mol. The minimum absolute atomic E-state index is 0.351. The number of carbonyl (C=O) groups excluding carboxylic acids is 1. The maximum Gasteiger partial charge on any atom is 0.137 e. The maximum absolute atomic E-state index is 11.6. The second-order valence-corrected chi connectivity index (χ2v) is 4.76. The number of benzene rings is 1. The Labute approximate surface area is 95.4 Å². The first-order valence-electron chi connectivity index (χ1n) is 5.50. The number of hydrogen-bond donors (Lipinski definition) is 0. The lowest BCUT2D eigenvalue weighted by Gasteiger charge is -2.00. The molecule has 1 fully saturated rings. The summed E-state index contributed by atoms with van der Waals surface area (Å²) in [5.41, 5.74) is 1.07.